The van der Waals surface area contributed by atoms with Gasteiger partial charge in [-0.1, -0.05) is 50.6 Å². The van der Waals surface area contributed by atoms with Crippen LogP contribution in [0.1, 0.15) is 38.7 Å². The molecule has 1 atom stereocenters. The summed E-state index contributed by atoms with van der Waals surface area (Å²) in [7, 11) is 0. The van der Waals surface area contributed by atoms with Crippen molar-refractivity contribution < 1.29 is 9.47 Å². The summed E-state index contributed by atoms with van der Waals surface area (Å²) in [6.07, 6.45) is 4.11. The van der Waals surface area contributed by atoms with E-state index in [1.807, 2.05) is 6.07 Å². The van der Waals surface area contributed by atoms with Crippen LogP contribution in [0.15, 0.2) is 30.3 Å². The van der Waals surface area contributed by atoms with Gasteiger partial charge in [0, 0.05) is 6.61 Å². The zero-order chi connectivity index (χ0) is 12.3. The maximum Gasteiger partial charge on any atom is 0.157 e. The maximum atomic E-state index is 5.72. The van der Waals surface area contributed by atoms with Crippen molar-refractivity contribution in [1.29, 1.82) is 0 Å². The third kappa shape index (κ3) is 6.44. The largest absolute Gasteiger partial charge is 0.353 e. The fraction of sp³-hybridized carbons (Fsp3) is 0.600. The van der Waals surface area contributed by atoms with Gasteiger partial charge in [0.15, 0.2) is 6.29 Å². The Morgan fingerprint density at radius 1 is 1.00 bits per heavy atom. The van der Waals surface area contributed by atoms with E-state index < -0.39 is 0 Å². The topological polar surface area (TPSA) is 18.5 Å². The molecule has 1 unspecified atom stereocenters. The molecule has 0 radical (unpaired) electrons. The van der Waals surface area contributed by atoms with Crippen LogP contribution >= 0.6 is 0 Å². The SMILES string of the molecule is CCCCOC(CC)OCCc1ccccc1. The van der Waals surface area contributed by atoms with Gasteiger partial charge in [-0.2, -0.15) is 0 Å². The van der Waals surface area contributed by atoms with Gasteiger partial charge in [0.05, 0.1) is 6.61 Å². The second-order valence-electron chi connectivity index (χ2n) is 4.17. The lowest BCUT2D eigenvalue weighted by Gasteiger charge is -2.16. The van der Waals surface area contributed by atoms with E-state index >= 15 is 0 Å². The summed E-state index contributed by atoms with van der Waals surface area (Å²) in [5.74, 6) is 0. The normalized spacial score (nSPS) is 12.6. The van der Waals surface area contributed by atoms with E-state index in [0.717, 1.165) is 32.5 Å². The number of benzene rings is 1. The molecule has 2 heteroatoms. The van der Waals surface area contributed by atoms with Gasteiger partial charge in [-0.25, -0.2) is 0 Å². The van der Waals surface area contributed by atoms with E-state index in [1.54, 1.807) is 0 Å². The average Bonchev–Trinajstić information content (AvgIpc) is 2.38. The van der Waals surface area contributed by atoms with Gasteiger partial charge in [0.1, 0.15) is 0 Å². The monoisotopic (exact) mass is 236 g/mol. The van der Waals surface area contributed by atoms with Crippen LogP contribution in [0.5, 0.6) is 0 Å². The predicted octanol–water partition coefficient (Wildman–Crippen LogP) is 3.80. The van der Waals surface area contributed by atoms with E-state index in [2.05, 4.69) is 38.1 Å². The first kappa shape index (κ1) is 14.2. The third-order valence-electron chi connectivity index (χ3n) is 2.67. The molecule has 0 N–H and O–H groups in total. The first-order chi connectivity index (χ1) is 8.36. The van der Waals surface area contributed by atoms with E-state index in [4.69, 9.17) is 9.47 Å². The number of hydrogen-bond acceptors (Lipinski definition) is 2. The predicted molar refractivity (Wildman–Crippen MR) is 71.0 cm³/mol. The van der Waals surface area contributed by atoms with Crippen molar-refractivity contribution in [3.05, 3.63) is 35.9 Å². The van der Waals surface area contributed by atoms with Gasteiger partial charge in [0.25, 0.3) is 0 Å². The van der Waals surface area contributed by atoms with E-state index in [1.165, 1.54) is 12.0 Å². The Morgan fingerprint density at radius 2 is 1.71 bits per heavy atom. The highest BCUT2D eigenvalue weighted by molar-refractivity contribution is 5.14. The van der Waals surface area contributed by atoms with Crippen LogP contribution in [-0.2, 0) is 15.9 Å². The van der Waals surface area contributed by atoms with Crippen molar-refractivity contribution in [3.63, 3.8) is 0 Å². The fourth-order valence-corrected chi connectivity index (χ4v) is 1.60. The summed E-state index contributed by atoms with van der Waals surface area (Å²) in [6, 6.07) is 10.4. The Morgan fingerprint density at radius 3 is 2.35 bits per heavy atom. The molecule has 0 fully saturated rings. The molecule has 0 aromatic heterocycles. The second kappa shape index (κ2) is 9.20. The lowest BCUT2D eigenvalue weighted by Crippen LogP contribution is -2.18. The molecule has 0 spiro atoms. The molecule has 1 aromatic rings. The van der Waals surface area contributed by atoms with Crippen LogP contribution in [0.25, 0.3) is 0 Å². The number of hydrogen-bond donors (Lipinski definition) is 0. The van der Waals surface area contributed by atoms with Crippen molar-refractivity contribution in [3.8, 4) is 0 Å². The molecule has 0 saturated heterocycles. The second-order valence-corrected chi connectivity index (χ2v) is 4.17. The Kier molecular flexibility index (Phi) is 7.69. The van der Waals surface area contributed by atoms with Crippen molar-refractivity contribution in [1.82, 2.24) is 0 Å². The Hall–Kier alpha value is -0.860. The van der Waals surface area contributed by atoms with Gasteiger partial charge in [-0.3, -0.25) is 0 Å². The van der Waals surface area contributed by atoms with Crippen LogP contribution in [0, 0.1) is 0 Å². The van der Waals surface area contributed by atoms with Crippen molar-refractivity contribution in [2.24, 2.45) is 0 Å². The summed E-state index contributed by atoms with van der Waals surface area (Å²) >= 11 is 0. The Labute approximate surface area is 105 Å². The number of rotatable bonds is 9. The Balaban J connectivity index is 2.15. The van der Waals surface area contributed by atoms with Crippen molar-refractivity contribution in [2.75, 3.05) is 13.2 Å². The van der Waals surface area contributed by atoms with Gasteiger partial charge >= 0.3 is 0 Å². The molecule has 1 rings (SSSR count). The summed E-state index contributed by atoms with van der Waals surface area (Å²) in [5, 5.41) is 0. The molecule has 0 saturated carbocycles. The first-order valence-corrected chi connectivity index (χ1v) is 6.64. The Bertz CT molecular complexity index is 272. The van der Waals surface area contributed by atoms with Gasteiger partial charge < -0.3 is 9.47 Å². The van der Waals surface area contributed by atoms with Crippen LogP contribution in [-0.4, -0.2) is 19.5 Å². The minimum Gasteiger partial charge on any atom is -0.353 e. The fourth-order valence-electron chi connectivity index (χ4n) is 1.60. The van der Waals surface area contributed by atoms with Crippen molar-refractivity contribution in [2.45, 2.75) is 45.8 Å². The minimum atomic E-state index is -0.0368. The quantitative estimate of drug-likeness (QED) is 0.479. The summed E-state index contributed by atoms with van der Waals surface area (Å²) in [5.41, 5.74) is 1.32. The standard InChI is InChI=1S/C15H24O2/c1-3-5-12-16-15(4-2)17-13-11-14-9-7-6-8-10-14/h6-10,15H,3-5,11-13H2,1-2H3. The lowest BCUT2D eigenvalue weighted by molar-refractivity contribution is -0.143. The molecule has 0 aliphatic heterocycles. The molecule has 17 heavy (non-hydrogen) atoms. The molecule has 0 heterocycles. The molecule has 1 aromatic carbocycles. The van der Waals surface area contributed by atoms with Crippen LogP contribution in [0.4, 0.5) is 0 Å². The summed E-state index contributed by atoms with van der Waals surface area (Å²) in [6.45, 7) is 5.80. The zero-order valence-corrected chi connectivity index (χ0v) is 11.0. The maximum absolute atomic E-state index is 5.72. The molecular weight excluding hydrogens is 212 g/mol. The third-order valence-corrected chi connectivity index (χ3v) is 2.67. The highest BCUT2D eigenvalue weighted by atomic mass is 16.7. The first-order valence-electron chi connectivity index (χ1n) is 6.64. The van der Waals surface area contributed by atoms with Gasteiger partial charge in [-0.05, 0) is 24.8 Å². The minimum absolute atomic E-state index is 0.0368. The molecule has 0 bridgehead atoms. The van der Waals surface area contributed by atoms with Gasteiger partial charge in [0.2, 0.25) is 0 Å². The smallest absolute Gasteiger partial charge is 0.157 e. The number of ether oxygens (including phenoxy) is 2. The average molecular weight is 236 g/mol. The lowest BCUT2D eigenvalue weighted by atomic mass is 10.2. The van der Waals surface area contributed by atoms with Gasteiger partial charge in [-0.15, -0.1) is 0 Å². The molecule has 96 valence electrons. The summed E-state index contributed by atoms with van der Waals surface area (Å²) in [4.78, 5) is 0. The molecular formula is C15H24O2. The van der Waals surface area contributed by atoms with Crippen LogP contribution < -0.4 is 0 Å². The van der Waals surface area contributed by atoms with Crippen LogP contribution in [0.2, 0.25) is 0 Å². The summed E-state index contributed by atoms with van der Waals surface area (Å²) < 4.78 is 11.4. The van der Waals surface area contributed by atoms with Crippen molar-refractivity contribution >= 4 is 0 Å². The zero-order valence-electron chi connectivity index (χ0n) is 11.0. The van der Waals surface area contributed by atoms with E-state index in [9.17, 15) is 0 Å². The highest BCUT2D eigenvalue weighted by Crippen LogP contribution is 2.05. The van der Waals surface area contributed by atoms with E-state index in [0.29, 0.717) is 0 Å². The molecule has 2 nitrogen and oxygen atoms in total. The highest BCUT2D eigenvalue weighted by Gasteiger charge is 2.05. The van der Waals surface area contributed by atoms with Crippen LogP contribution in [0.3, 0.4) is 0 Å². The molecule has 0 amide bonds. The number of unbranched alkanes of at least 4 members (excludes halogenated alkanes) is 1. The van der Waals surface area contributed by atoms with E-state index in [-0.39, 0.29) is 6.29 Å². The molecule has 0 aliphatic rings. The molecule has 0 aliphatic carbocycles.